The molecule has 450 valence electrons. The molecular weight excluding hydrogens is 935 g/mol. The summed E-state index contributed by atoms with van der Waals surface area (Å²) < 4.78 is 5.48. The third-order valence-corrected chi connectivity index (χ3v) is 16.2. The van der Waals surface area contributed by atoms with Crippen LogP contribution in [0.2, 0.25) is 0 Å². The van der Waals surface area contributed by atoms with E-state index in [4.69, 9.17) is 4.74 Å². The van der Waals surface area contributed by atoms with E-state index in [1.54, 1.807) is 6.08 Å². The Labute approximate surface area is 475 Å². The fourth-order valence-corrected chi connectivity index (χ4v) is 10.9. The molecule has 0 bridgehead atoms. The van der Waals surface area contributed by atoms with E-state index in [1.807, 2.05) is 6.08 Å². The molecule has 0 aliphatic heterocycles. The smallest absolute Gasteiger partial charge is 0.305 e. The van der Waals surface area contributed by atoms with E-state index in [-0.39, 0.29) is 18.5 Å². The summed E-state index contributed by atoms with van der Waals surface area (Å²) in [4.78, 5) is 24.4. The summed E-state index contributed by atoms with van der Waals surface area (Å²) in [7, 11) is 0. The summed E-state index contributed by atoms with van der Waals surface area (Å²) in [5.74, 6) is -0.0426. The van der Waals surface area contributed by atoms with Gasteiger partial charge in [-0.1, -0.05) is 340 Å². The molecule has 0 radical (unpaired) electrons. The van der Waals surface area contributed by atoms with Gasteiger partial charge in [0.2, 0.25) is 5.91 Å². The van der Waals surface area contributed by atoms with E-state index in [0.717, 1.165) is 38.5 Å². The molecule has 0 aromatic rings. The standard InChI is InChI=1S/C70H135NO5/c1-3-5-7-9-11-13-43-48-52-56-60-64-70(75)76-65-61-57-53-49-45-42-40-38-36-34-32-30-28-26-24-22-20-18-16-14-15-17-19-21-23-25-27-29-31-33-35-37-39-41-44-47-51-55-59-63-69(74)71-67(66-72)68(73)62-58-54-50-46-12-10-8-6-4-2/h14-15,58,62,67-68,72-73H,3-13,16-57,59-61,63-66H2,1-2H3,(H,71,74)/b15-14-,62-58+. The highest BCUT2D eigenvalue weighted by Crippen LogP contribution is 2.18. The lowest BCUT2D eigenvalue weighted by Crippen LogP contribution is -2.45. The van der Waals surface area contributed by atoms with E-state index in [2.05, 4.69) is 31.3 Å². The molecular formula is C70H135NO5. The van der Waals surface area contributed by atoms with Gasteiger partial charge in [0.15, 0.2) is 0 Å². The first-order valence-electron chi connectivity index (χ1n) is 34.6. The van der Waals surface area contributed by atoms with Crippen LogP contribution in [0.5, 0.6) is 0 Å². The van der Waals surface area contributed by atoms with Crippen LogP contribution in [0.4, 0.5) is 0 Å². The van der Waals surface area contributed by atoms with Crippen molar-refractivity contribution in [2.45, 2.75) is 398 Å². The van der Waals surface area contributed by atoms with Crippen LogP contribution in [0.3, 0.4) is 0 Å². The Morgan fingerprint density at radius 1 is 0.355 bits per heavy atom. The predicted molar refractivity (Wildman–Crippen MR) is 333 cm³/mol. The first kappa shape index (κ1) is 74.3. The molecule has 0 aromatic carbocycles. The molecule has 1 amide bonds. The van der Waals surface area contributed by atoms with Crippen molar-refractivity contribution in [1.82, 2.24) is 5.32 Å². The maximum atomic E-state index is 12.4. The van der Waals surface area contributed by atoms with Crippen molar-refractivity contribution in [3.05, 3.63) is 24.3 Å². The fourth-order valence-electron chi connectivity index (χ4n) is 10.9. The maximum absolute atomic E-state index is 12.4. The van der Waals surface area contributed by atoms with Gasteiger partial charge in [-0.05, 0) is 57.8 Å². The van der Waals surface area contributed by atoms with Gasteiger partial charge in [0.05, 0.1) is 25.4 Å². The van der Waals surface area contributed by atoms with Crippen LogP contribution < -0.4 is 5.32 Å². The maximum Gasteiger partial charge on any atom is 0.305 e. The molecule has 2 atom stereocenters. The number of hydrogen-bond donors (Lipinski definition) is 3. The van der Waals surface area contributed by atoms with Gasteiger partial charge in [0.1, 0.15) is 0 Å². The molecule has 2 unspecified atom stereocenters. The molecule has 0 fully saturated rings. The van der Waals surface area contributed by atoms with E-state index >= 15 is 0 Å². The molecule has 6 heteroatoms. The third-order valence-electron chi connectivity index (χ3n) is 16.2. The van der Waals surface area contributed by atoms with Crippen LogP contribution in [0.1, 0.15) is 386 Å². The Balaban J connectivity index is 3.30. The normalized spacial score (nSPS) is 12.6. The molecule has 0 aliphatic carbocycles. The predicted octanol–water partition coefficient (Wildman–Crippen LogP) is 22.1. The van der Waals surface area contributed by atoms with Crippen LogP contribution in [0, 0.1) is 0 Å². The average molecular weight is 1070 g/mol. The van der Waals surface area contributed by atoms with Crippen LogP contribution >= 0.6 is 0 Å². The second-order valence-corrected chi connectivity index (χ2v) is 23.9. The monoisotopic (exact) mass is 1070 g/mol. The number of hydrogen-bond acceptors (Lipinski definition) is 5. The molecule has 0 saturated carbocycles. The first-order chi connectivity index (χ1) is 37.5. The first-order valence-corrected chi connectivity index (χ1v) is 34.6. The minimum Gasteiger partial charge on any atom is -0.466 e. The Kier molecular flexibility index (Phi) is 64.4. The Morgan fingerprint density at radius 3 is 0.934 bits per heavy atom. The number of amides is 1. The van der Waals surface area contributed by atoms with Crippen LogP contribution in [0.15, 0.2) is 24.3 Å². The largest absolute Gasteiger partial charge is 0.466 e. The zero-order chi connectivity index (χ0) is 55.0. The summed E-state index contributed by atoms with van der Waals surface area (Å²) >= 11 is 0. The molecule has 6 nitrogen and oxygen atoms in total. The van der Waals surface area contributed by atoms with E-state index in [9.17, 15) is 19.8 Å². The van der Waals surface area contributed by atoms with Crippen molar-refractivity contribution in [2.24, 2.45) is 0 Å². The van der Waals surface area contributed by atoms with Gasteiger partial charge in [-0.2, -0.15) is 0 Å². The summed E-state index contributed by atoms with van der Waals surface area (Å²) in [5, 5.41) is 23.0. The summed E-state index contributed by atoms with van der Waals surface area (Å²) in [5.41, 5.74) is 0. The van der Waals surface area contributed by atoms with Gasteiger partial charge in [-0.25, -0.2) is 0 Å². The quantitative estimate of drug-likeness (QED) is 0.0320. The third kappa shape index (κ3) is 61.6. The topological polar surface area (TPSA) is 95.9 Å². The van der Waals surface area contributed by atoms with Crippen molar-refractivity contribution in [2.75, 3.05) is 13.2 Å². The number of carbonyl (C=O) groups is 2. The van der Waals surface area contributed by atoms with Gasteiger partial charge in [-0.15, -0.1) is 0 Å². The van der Waals surface area contributed by atoms with Gasteiger partial charge in [0, 0.05) is 12.8 Å². The highest BCUT2D eigenvalue weighted by atomic mass is 16.5. The zero-order valence-corrected chi connectivity index (χ0v) is 51.5. The van der Waals surface area contributed by atoms with E-state index in [1.165, 1.54) is 321 Å². The minimum absolute atomic E-state index is 0.0223. The molecule has 0 spiro atoms. The van der Waals surface area contributed by atoms with Crippen LogP contribution in [-0.2, 0) is 14.3 Å². The number of ether oxygens (including phenoxy) is 1. The van der Waals surface area contributed by atoms with Crippen molar-refractivity contribution >= 4 is 11.9 Å². The number of aliphatic hydroxyl groups excluding tert-OH is 2. The highest BCUT2D eigenvalue weighted by molar-refractivity contribution is 5.76. The lowest BCUT2D eigenvalue weighted by atomic mass is 10.0. The van der Waals surface area contributed by atoms with Gasteiger partial charge in [0.25, 0.3) is 0 Å². The molecule has 0 rings (SSSR count). The number of carbonyl (C=O) groups excluding carboxylic acids is 2. The molecule has 3 N–H and O–H groups in total. The van der Waals surface area contributed by atoms with Crippen LogP contribution in [0.25, 0.3) is 0 Å². The Morgan fingerprint density at radius 2 is 0.618 bits per heavy atom. The number of rotatable bonds is 65. The number of nitrogens with one attached hydrogen (secondary N) is 1. The summed E-state index contributed by atoms with van der Waals surface area (Å²) in [6.45, 7) is 4.90. The summed E-state index contributed by atoms with van der Waals surface area (Å²) in [6, 6.07) is -0.622. The van der Waals surface area contributed by atoms with Crippen molar-refractivity contribution in [3.8, 4) is 0 Å². The molecule has 0 aliphatic rings. The molecule has 76 heavy (non-hydrogen) atoms. The van der Waals surface area contributed by atoms with Crippen molar-refractivity contribution in [1.29, 1.82) is 0 Å². The van der Waals surface area contributed by atoms with Crippen LogP contribution in [-0.4, -0.2) is 47.4 Å². The van der Waals surface area contributed by atoms with Gasteiger partial charge in [-0.3, -0.25) is 9.59 Å². The Bertz CT molecular complexity index is 1190. The summed E-state index contributed by atoms with van der Waals surface area (Å²) in [6.07, 6.45) is 82.9. The fraction of sp³-hybridized carbons (Fsp3) is 0.914. The minimum atomic E-state index is -0.838. The highest BCUT2D eigenvalue weighted by Gasteiger charge is 2.18. The van der Waals surface area contributed by atoms with Crippen molar-refractivity contribution in [3.63, 3.8) is 0 Å². The molecule has 0 aromatic heterocycles. The number of aliphatic hydroxyl groups is 2. The lowest BCUT2D eigenvalue weighted by Gasteiger charge is -2.20. The van der Waals surface area contributed by atoms with Crippen molar-refractivity contribution < 1.29 is 24.5 Å². The van der Waals surface area contributed by atoms with E-state index < -0.39 is 12.1 Å². The second-order valence-electron chi connectivity index (χ2n) is 23.9. The molecule has 0 heterocycles. The zero-order valence-electron chi connectivity index (χ0n) is 51.5. The lowest BCUT2D eigenvalue weighted by molar-refractivity contribution is -0.143. The average Bonchev–Trinajstić information content (AvgIpc) is 3.42. The Hall–Kier alpha value is -1.66. The van der Waals surface area contributed by atoms with Gasteiger partial charge >= 0.3 is 5.97 Å². The second kappa shape index (κ2) is 65.9. The number of esters is 1. The van der Waals surface area contributed by atoms with Gasteiger partial charge < -0.3 is 20.3 Å². The number of unbranched alkanes of at least 4 members (excludes halogenated alkanes) is 52. The molecule has 0 saturated heterocycles. The number of allylic oxidation sites excluding steroid dienone is 3. The van der Waals surface area contributed by atoms with E-state index in [0.29, 0.717) is 19.4 Å². The SMILES string of the molecule is CCCCCCCCC/C=C/C(O)C(CO)NC(=O)CCCCCCCCCCCCCCCCCCC/C=C\CCCCCCCCCCCCCCCCCCCCOC(=O)CCCCCCCCCCCCC.